The van der Waals surface area contributed by atoms with Gasteiger partial charge >= 0.3 is 4.87 Å². The van der Waals surface area contributed by atoms with Gasteiger partial charge in [0.1, 0.15) is 11.4 Å². The lowest BCUT2D eigenvalue weighted by Gasteiger charge is -2.37. The number of sulfonamides is 1. The van der Waals surface area contributed by atoms with Crippen molar-refractivity contribution in [3.05, 3.63) is 57.7 Å². The van der Waals surface area contributed by atoms with E-state index in [0.717, 1.165) is 22.4 Å². The molecule has 3 aromatic rings. The van der Waals surface area contributed by atoms with Crippen LogP contribution >= 0.6 is 11.3 Å². The van der Waals surface area contributed by atoms with Crippen molar-refractivity contribution in [2.75, 3.05) is 0 Å². The molecule has 8 heteroatoms. The molecule has 0 saturated heterocycles. The van der Waals surface area contributed by atoms with Crippen LogP contribution < -0.4 is 14.3 Å². The summed E-state index contributed by atoms with van der Waals surface area (Å²) in [5.41, 5.74) is 1.07. The Hall–Kier alpha value is -2.16. The average molecular weight is 405 g/mol. The van der Waals surface area contributed by atoms with Crippen LogP contribution in [0, 0.1) is 0 Å². The topological polar surface area (TPSA) is 77.4 Å². The van der Waals surface area contributed by atoms with Gasteiger partial charge in [0.15, 0.2) is 0 Å². The van der Waals surface area contributed by atoms with Crippen LogP contribution in [-0.2, 0) is 17.1 Å². The molecule has 1 aliphatic rings. The number of hydrogen-bond acceptors (Lipinski definition) is 5. The number of hydrogen-bond donors (Lipinski definition) is 1. The molecule has 0 aliphatic carbocycles. The monoisotopic (exact) mass is 404 g/mol. The highest BCUT2D eigenvalue weighted by Crippen LogP contribution is 2.40. The van der Waals surface area contributed by atoms with E-state index in [0.29, 0.717) is 16.9 Å². The number of fused-ring (bicyclic) bond motifs is 2. The molecule has 2 aromatic carbocycles. The van der Waals surface area contributed by atoms with Crippen LogP contribution in [0.15, 0.2) is 52.2 Å². The summed E-state index contributed by atoms with van der Waals surface area (Å²) in [6.07, 6.45) is 0.518. The number of rotatable bonds is 3. The van der Waals surface area contributed by atoms with Gasteiger partial charge in [-0.05, 0) is 38.1 Å². The lowest BCUT2D eigenvalue weighted by Crippen LogP contribution is -2.41. The largest absolute Gasteiger partial charge is 0.487 e. The maximum Gasteiger partial charge on any atom is 0.307 e. The molecule has 4 rings (SSSR count). The van der Waals surface area contributed by atoms with Gasteiger partial charge < -0.3 is 9.30 Å². The molecule has 0 radical (unpaired) electrons. The van der Waals surface area contributed by atoms with Crippen LogP contribution in [0.1, 0.15) is 31.9 Å². The summed E-state index contributed by atoms with van der Waals surface area (Å²) >= 11 is 1.04. The summed E-state index contributed by atoms with van der Waals surface area (Å²) in [5.74, 6) is 0.693. The fourth-order valence-electron chi connectivity index (χ4n) is 3.44. The van der Waals surface area contributed by atoms with Gasteiger partial charge in [-0.25, -0.2) is 13.1 Å². The van der Waals surface area contributed by atoms with Gasteiger partial charge in [0, 0.05) is 19.0 Å². The molecule has 0 saturated carbocycles. The van der Waals surface area contributed by atoms with E-state index in [2.05, 4.69) is 4.72 Å². The van der Waals surface area contributed by atoms with Crippen LogP contribution in [0.25, 0.3) is 10.2 Å². The molecule has 142 valence electrons. The van der Waals surface area contributed by atoms with Crippen molar-refractivity contribution in [2.24, 2.45) is 7.05 Å². The predicted octanol–water partition coefficient (Wildman–Crippen LogP) is 3.18. The zero-order valence-electron chi connectivity index (χ0n) is 15.2. The summed E-state index contributed by atoms with van der Waals surface area (Å²) in [6.45, 7) is 3.88. The number of para-hydroxylation sites is 1. The van der Waals surface area contributed by atoms with Gasteiger partial charge in [-0.3, -0.25) is 4.79 Å². The third-order valence-electron chi connectivity index (χ3n) is 4.75. The molecule has 1 N–H and O–H groups in total. The molecule has 27 heavy (non-hydrogen) atoms. The molecule has 0 spiro atoms. The number of nitrogens with one attached hydrogen (secondary N) is 1. The Morgan fingerprint density at radius 1 is 1.22 bits per heavy atom. The molecule has 1 atom stereocenters. The maximum atomic E-state index is 13.0. The maximum absolute atomic E-state index is 13.0. The normalized spacial score (nSPS) is 18.9. The minimum Gasteiger partial charge on any atom is -0.487 e. The van der Waals surface area contributed by atoms with E-state index in [1.54, 1.807) is 19.2 Å². The van der Waals surface area contributed by atoms with E-state index in [9.17, 15) is 13.2 Å². The molecular formula is C19H20N2O4S2. The Morgan fingerprint density at radius 3 is 2.74 bits per heavy atom. The Morgan fingerprint density at radius 2 is 1.96 bits per heavy atom. The fraction of sp³-hybridized carbons (Fsp3) is 0.316. The first kappa shape index (κ1) is 18.2. The number of ether oxygens (including phenoxy) is 1. The van der Waals surface area contributed by atoms with Crippen LogP contribution in [0.5, 0.6) is 5.75 Å². The molecular weight excluding hydrogens is 384 g/mol. The first-order valence-corrected chi connectivity index (χ1v) is 10.9. The lowest BCUT2D eigenvalue weighted by molar-refractivity contribution is 0.0702. The zero-order valence-corrected chi connectivity index (χ0v) is 16.9. The van der Waals surface area contributed by atoms with E-state index in [1.807, 2.05) is 38.1 Å². The van der Waals surface area contributed by atoms with Gasteiger partial charge in [0.2, 0.25) is 10.0 Å². The van der Waals surface area contributed by atoms with Crippen LogP contribution in [0.2, 0.25) is 0 Å². The third kappa shape index (κ3) is 3.28. The molecule has 0 unspecified atom stereocenters. The van der Waals surface area contributed by atoms with E-state index >= 15 is 0 Å². The van der Waals surface area contributed by atoms with Crippen molar-refractivity contribution in [2.45, 2.75) is 36.8 Å². The van der Waals surface area contributed by atoms with Gasteiger partial charge in [-0.15, -0.1) is 0 Å². The molecule has 2 heterocycles. The second-order valence-electron chi connectivity index (χ2n) is 7.33. The molecule has 6 nitrogen and oxygen atoms in total. The minimum absolute atomic E-state index is 0.118. The predicted molar refractivity (Wildman–Crippen MR) is 106 cm³/mol. The third-order valence-corrected chi connectivity index (χ3v) is 7.21. The Bertz CT molecular complexity index is 1190. The Kier molecular flexibility index (Phi) is 4.17. The zero-order chi connectivity index (χ0) is 19.4. The molecule has 0 amide bonds. The van der Waals surface area contributed by atoms with Crippen molar-refractivity contribution < 1.29 is 13.2 Å². The Labute approximate surface area is 161 Å². The van der Waals surface area contributed by atoms with E-state index < -0.39 is 15.6 Å². The number of nitrogens with zero attached hydrogens (tertiary/aromatic N) is 1. The number of aromatic nitrogens is 1. The quantitative estimate of drug-likeness (QED) is 0.727. The molecule has 1 aliphatic heterocycles. The fourth-order valence-corrected chi connectivity index (χ4v) is 5.68. The summed E-state index contributed by atoms with van der Waals surface area (Å²) in [5, 5.41) is 0. The second kappa shape index (κ2) is 6.19. The summed E-state index contributed by atoms with van der Waals surface area (Å²) < 4.78 is 37.0. The smallest absolute Gasteiger partial charge is 0.307 e. The van der Waals surface area contributed by atoms with Gasteiger partial charge in [0.25, 0.3) is 0 Å². The first-order valence-electron chi connectivity index (χ1n) is 8.56. The highest BCUT2D eigenvalue weighted by Gasteiger charge is 2.36. The summed E-state index contributed by atoms with van der Waals surface area (Å²) in [4.78, 5) is 11.9. The van der Waals surface area contributed by atoms with Gasteiger partial charge in [-0.2, -0.15) is 0 Å². The lowest BCUT2D eigenvalue weighted by atomic mass is 9.90. The van der Waals surface area contributed by atoms with Crippen LogP contribution in [0.4, 0.5) is 0 Å². The molecule has 0 fully saturated rings. The summed E-state index contributed by atoms with van der Waals surface area (Å²) in [6, 6.07) is 11.8. The molecule has 0 bridgehead atoms. The number of benzene rings is 2. The summed E-state index contributed by atoms with van der Waals surface area (Å²) in [7, 11) is -2.08. The van der Waals surface area contributed by atoms with Gasteiger partial charge in [-0.1, -0.05) is 29.5 Å². The average Bonchev–Trinajstić information content (AvgIpc) is 2.87. The first-order chi connectivity index (χ1) is 12.7. The van der Waals surface area contributed by atoms with Crippen molar-refractivity contribution in [3.63, 3.8) is 0 Å². The molecule has 1 aromatic heterocycles. The SMILES string of the molecule is Cn1c(=O)sc2cc(S(=O)(=O)N[C@H]3CC(C)(C)Oc4ccccc43)ccc21. The van der Waals surface area contributed by atoms with E-state index in [-0.39, 0.29) is 15.8 Å². The number of thiazole rings is 1. The second-order valence-corrected chi connectivity index (χ2v) is 10.0. The van der Waals surface area contributed by atoms with E-state index in [4.69, 9.17) is 4.74 Å². The minimum atomic E-state index is -3.76. The van der Waals surface area contributed by atoms with Crippen molar-refractivity contribution in [1.29, 1.82) is 0 Å². The Balaban J connectivity index is 1.72. The van der Waals surface area contributed by atoms with Gasteiger partial charge in [0.05, 0.1) is 21.2 Å². The highest BCUT2D eigenvalue weighted by molar-refractivity contribution is 7.89. The highest BCUT2D eigenvalue weighted by atomic mass is 32.2. The standard InChI is InChI=1S/C19H20N2O4S2/c1-19(2)11-14(13-6-4-5-7-16(13)25-19)20-27(23,24)12-8-9-15-17(10-12)26-18(22)21(15)3/h4-10,14,20H,11H2,1-3H3/t14-/m0/s1. The van der Waals surface area contributed by atoms with Crippen LogP contribution in [-0.4, -0.2) is 18.6 Å². The van der Waals surface area contributed by atoms with Crippen molar-refractivity contribution in [3.8, 4) is 5.75 Å². The number of aryl methyl sites for hydroxylation is 1. The van der Waals surface area contributed by atoms with Crippen LogP contribution in [0.3, 0.4) is 0 Å². The van der Waals surface area contributed by atoms with E-state index in [1.165, 1.54) is 10.6 Å². The van der Waals surface area contributed by atoms with Crippen molar-refractivity contribution >= 4 is 31.6 Å². The van der Waals surface area contributed by atoms with Crippen molar-refractivity contribution in [1.82, 2.24) is 9.29 Å².